The molecule has 6 fully saturated rings. The van der Waals surface area contributed by atoms with Gasteiger partial charge in [-0.25, -0.2) is 0 Å². The molecule has 6 aliphatic rings. The highest BCUT2D eigenvalue weighted by Gasteiger charge is 2.51. The van der Waals surface area contributed by atoms with Crippen LogP contribution in [-0.4, -0.2) is 0 Å². The second-order valence-electron chi connectivity index (χ2n) is 15.3. The first-order valence-corrected chi connectivity index (χ1v) is 17.4. The van der Waals surface area contributed by atoms with Crippen LogP contribution in [0.2, 0.25) is 0 Å². The van der Waals surface area contributed by atoms with E-state index < -0.39 is 0 Å². The molecule has 4 atom stereocenters. The van der Waals surface area contributed by atoms with Crippen molar-refractivity contribution in [2.45, 2.75) is 149 Å². The first kappa shape index (κ1) is 26.0. The number of rotatable bonds is 4. The van der Waals surface area contributed by atoms with Crippen LogP contribution in [0.3, 0.4) is 0 Å². The fourth-order valence-electron chi connectivity index (χ4n) is 11.6. The van der Waals surface area contributed by atoms with Gasteiger partial charge in [-0.3, -0.25) is 0 Å². The first-order valence-electron chi connectivity index (χ1n) is 17.4. The molecule has 4 unspecified atom stereocenters. The zero-order valence-corrected chi connectivity index (χ0v) is 24.3. The van der Waals surface area contributed by atoms with Crippen molar-refractivity contribution >= 4 is 0 Å². The third-order valence-corrected chi connectivity index (χ3v) is 13.4. The summed E-state index contributed by atoms with van der Waals surface area (Å²) >= 11 is 0. The van der Waals surface area contributed by atoms with Crippen molar-refractivity contribution in [3.8, 4) is 0 Å². The smallest absolute Gasteiger partial charge is 0.0200 e. The van der Waals surface area contributed by atoms with Crippen LogP contribution in [0, 0.1) is 65.1 Å². The average molecular weight is 493 g/mol. The molecule has 36 heavy (non-hydrogen) atoms. The highest BCUT2D eigenvalue weighted by molar-refractivity contribution is 5.15. The molecule has 0 N–H and O–H groups in total. The Bertz CT molecular complexity index is 686. The molecule has 6 saturated carbocycles. The van der Waals surface area contributed by atoms with Crippen LogP contribution in [0.1, 0.15) is 149 Å². The summed E-state index contributed by atoms with van der Waals surface area (Å²) in [4.78, 5) is 0. The van der Waals surface area contributed by atoms with Crippen molar-refractivity contribution < 1.29 is 0 Å². The van der Waals surface area contributed by atoms with E-state index in [0.717, 1.165) is 65.1 Å². The summed E-state index contributed by atoms with van der Waals surface area (Å²) in [6.07, 6.45) is 35.2. The molecule has 0 heterocycles. The summed E-state index contributed by atoms with van der Waals surface area (Å²) in [6.45, 7) is 5.20. The minimum Gasteiger partial charge on any atom is -0.0817 e. The van der Waals surface area contributed by atoms with E-state index in [1.54, 1.807) is 51.4 Å². The molecule has 0 aromatic carbocycles. The fourth-order valence-corrected chi connectivity index (χ4v) is 11.6. The minimum atomic E-state index is 0.921. The number of fused-ring (bicyclic) bond motifs is 2. The van der Waals surface area contributed by atoms with Gasteiger partial charge in [0.2, 0.25) is 0 Å². The lowest BCUT2D eigenvalue weighted by molar-refractivity contribution is -0.0845. The Morgan fingerprint density at radius 3 is 1.56 bits per heavy atom. The minimum absolute atomic E-state index is 0.921. The summed E-state index contributed by atoms with van der Waals surface area (Å²) in [5.74, 6) is 11.4. The van der Waals surface area contributed by atoms with Gasteiger partial charge in [-0.15, -0.1) is 0 Å². The van der Waals surface area contributed by atoms with E-state index in [1.807, 2.05) is 5.57 Å². The zero-order chi connectivity index (χ0) is 24.5. The maximum Gasteiger partial charge on any atom is -0.0200 e. The van der Waals surface area contributed by atoms with Crippen LogP contribution in [0.15, 0.2) is 11.6 Å². The molecule has 0 aliphatic heterocycles. The van der Waals surface area contributed by atoms with Gasteiger partial charge < -0.3 is 0 Å². The van der Waals surface area contributed by atoms with Gasteiger partial charge in [0.15, 0.2) is 0 Å². The number of hydrogen-bond donors (Lipinski definition) is 0. The van der Waals surface area contributed by atoms with E-state index >= 15 is 0 Å². The molecule has 0 aromatic rings. The van der Waals surface area contributed by atoms with Crippen molar-refractivity contribution in [1.29, 1.82) is 0 Å². The molecule has 0 aromatic heterocycles. The van der Waals surface area contributed by atoms with Gasteiger partial charge in [0.05, 0.1) is 0 Å². The lowest BCUT2D eigenvalue weighted by Gasteiger charge is -2.57. The van der Waals surface area contributed by atoms with Crippen molar-refractivity contribution in [3.05, 3.63) is 11.6 Å². The first-order chi connectivity index (χ1) is 17.7. The van der Waals surface area contributed by atoms with Crippen LogP contribution < -0.4 is 0 Å². The monoisotopic (exact) mass is 492 g/mol. The highest BCUT2D eigenvalue weighted by Crippen LogP contribution is 2.59. The Morgan fingerprint density at radius 2 is 0.972 bits per heavy atom. The number of allylic oxidation sites excluding steroid dienone is 2. The maximum atomic E-state index is 2.96. The Hall–Kier alpha value is -0.260. The topological polar surface area (TPSA) is 0 Å². The predicted molar refractivity (Wildman–Crippen MR) is 155 cm³/mol. The molecule has 0 heteroatoms. The molecule has 204 valence electrons. The molecule has 0 saturated heterocycles. The van der Waals surface area contributed by atoms with Crippen molar-refractivity contribution in [2.75, 3.05) is 0 Å². The molecule has 0 amide bonds. The Kier molecular flexibility index (Phi) is 8.56. The largest absolute Gasteiger partial charge is 0.0817 e. The molecule has 0 nitrogen and oxygen atoms in total. The molecule has 0 spiro atoms. The lowest BCUT2D eigenvalue weighted by atomic mass is 9.48. The van der Waals surface area contributed by atoms with Crippen LogP contribution in [0.4, 0.5) is 0 Å². The Balaban J connectivity index is 1.15. The second kappa shape index (κ2) is 11.9. The standard InChI is InChI=1S/C36H60/c1-25-16-20-29(21-17-25)35(28-10-4-3-5-11-28)24-27-18-22-30(23-19-27)36-33-14-8-6-12-31(33)26(2)32-13-7-9-15-34(32)36/h24-34,36H,3-23H2,1-2H3/b35-24+. The summed E-state index contributed by atoms with van der Waals surface area (Å²) < 4.78 is 0. The second-order valence-corrected chi connectivity index (χ2v) is 15.3. The molecule has 0 radical (unpaired) electrons. The van der Waals surface area contributed by atoms with Gasteiger partial charge in [0.25, 0.3) is 0 Å². The lowest BCUT2D eigenvalue weighted by Crippen LogP contribution is -2.50. The molecule has 6 aliphatic carbocycles. The quantitative estimate of drug-likeness (QED) is 0.342. The van der Waals surface area contributed by atoms with Crippen LogP contribution in [0.25, 0.3) is 0 Å². The maximum absolute atomic E-state index is 2.96. The van der Waals surface area contributed by atoms with E-state index in [0.29, 0.717) is 0 Å². The van der Waals surface area contributed by atoms with Crippen LogP contribution >= 0.6 is 0 Å². The van der Waals surface area contributed by atoms with E-state index in [1.165, 1.54) is 83.5 Å². The van der Waals surface area contributed by atoms with Gasteiger partial charge in [0.1, 0.15) is 0 Å². The summed E-state index contributed by atoms with van der Waals surface area (Å²) in [5, 5.41) is 0. The third kappa shape index (κ3) is 5.41. The van der Waals surface area contributed by atoms with Crippen molar-refractivity contribution in [3.63, 3.8) is 0 Å². The molecule has 0 bridgehead atoms. The van der Waals surface area contributed by atoms with E-state index in [9.17, 15) is 0 Å². The van der Waals surface area contributed by atoms with Gasteiger partial charge in [0, 0.05) is 0 Å². The van der Waals surface area contributed by atoms with Crippen LogP contribution in [-0.2, 0) is 0 Å². The Morgan fingerprint density at radius 1 is 0.472 bits per heavy atom. The highest BCUT2D eigenvalue weighted by atomic mass is 14.6. The summed E-state index contributed by atoms with van der Waals surface area (Å²) in [6, 6.07) is 0. The van der Waals surface area contributed by atoms with Gasteiger partial charge in [-0.05, 0) is 142 Å². The fraction of sp³-hybridized carbons (Fsp3) is 0.944. The van der Waals surface area contributed by atoms with Gasteiger partial charge in [-0.2, -0.15) is 0 Å². The van der Waals surface area contributed by atoms with E-state index in [2.05, 4.69) is 19.9 Å². The zero-order valence-electron chi connectivity index (χ0n) is 24.3. The van der Waals surface area contributed by atoms with Gasteiger partial charge >= 0.3 is 0 Å². The molecular formula is C36H60. The predicted octanol–water partition coefficient (Wildman–Crippen LogP) is 11.0. The third-order valence-electron chi connectivity index (χ3n) is 13.4. The average Bonchev–Trinajstić information content (AvgIpc) is 2.94. The molecule has 6 rings (SSSR count). The van der Waals surface area contributed by atoms with E-state index in [-0.39, 0.29) is 0 Å². The Labute approximate surface area is 225 Å². The van der Waals surface area contributed by atoms with Gasteiger partial charge in [-0.1, -0.05) is 83.3 Å². The SMILES string of the molecule is CC1CCC(/C(=C/C2CCC(C3C4CCCCC4C(C)C4CCCCC43)CC2)C2CCCCC2)CC1. The van der Waals surface area contributed by atoms with E-state index in [4.69, 9.17) is 0 Å². The van der Waals surface area contributed by atoms with Crippen molar-refractivity contribution in [1.82, 2.24) is 0 Å². The number of hydrogen-bond acceptors (Lipinski definition) is 0. The normalized spacial score (nSPS) is 47.1. The summed E-state index contributed by atoms with van der Waals surface area (Å²) in [5.41, 5.74) is 2.00. The summed E-state index contributed by atoms with van der Waals surface area (Å²) in [7, 11) is 0. The molecular weight excluding hydrogens is 432 g/mol. The van der Waals surface area contributed by atoms with Crippen LogP contribution in [0.5, 0.6) is 0 Å². The van der Waals surface area contributed by atoms with Crippen molar-refractivity contribution in [2.24, 2.45) is 65.1 Å².